The van der Waals surface area contributed by atoms with E-state index in [1.807, 2.05) is 0 Å². The Morgan fingerprint density at radius 3 is 2.63 bits per heavy atom. The zero-order valence-corrected chi connectivity index (χ0v) is 15.2. The van der Waals surface area contributed by atoms with Gasteiger partial charge in [-0.25, -0.2) is 22.5 Å². The Hall–Kier alpha value is -3.34. The molecule has 30 heavy (non-hydrogen) atoms. The highest BCUT2D eigenvalue weighted by molar-refractivity contribution is 5.97. The van der Waals surface area contributed by atoms with Crippen LogP contribution in [0.25, 0.3) is 33.5 Å². The van der Waals surface area contributed by atoms with Crippen molar-refractivity contribution < 1.29 is 22.3 Å². The molecule has 0 amide bonds. The SMILES string of the molecule is Fc1ccc(-c2nn3c(c2-c2c(F)cnc4[nH]ncc24)CO[C@]2(C3)CC2(F)F)nc1. The van der Waals surface area contributed by atoms with Crippen LogP contribution in [-0.4, -0.2) is 41.5 Å². The molecule has 4 aromatic rings. The fourth-order valence-electron chi connectivity index (χ4n) is 4.00. The van der Waals surface area contributed by atoms with Gasteiger partial charge in [0.1, 0.15) is 17.3 Å². The molecular weight excluding hydrogens is 404 g/mol. The third-order valence-corrected chi connectivity index (χ3v) is 5.65. The number of pyridine rings is 2. The standard InChI is InChI=1S/C19H12F4N6O/c20-9-1-2-12(24-3-9)16-15(14-10-4-26-27-17(10)25-5-11(14)21)13-6-30-18(7-19(18,22)23)8-29(13)28-16/h1-5H,6-8H2,(H,25,26,27)/t18-/m0/s1. The molecule has 1 atom stereocenters. The van der Waals surface area contributed by atoms with Gasteiger partial charge in [-0.15, -0.1) is 0 Å². The molecule has 1 fully saturated rings. The number of ether oxygens (including phenoxy) is 1. The minimum atomic E-state index is -2.94. The number of nitrogens with one attached hydrogen (secondary N) is 1. The van der Waals surface area contributed by atoms with Crippen molar-refractivity contribution in [3.8, 4) is 22.5 Å². The summed E-state index contributed by atoms with van der Waals surface area (Å²) in [6.45, 7) is -0.356. The molecule has 2 aliphatic rings. The van der Waals surface area contributed by atoms with Crippen LogP contribution in [0, 0.1) is 11.6 Å². The average Bonchev–Trinajstić information content (AvgIpc) is 3.09. The van der Waals surface area contributed by atoms with Crippen LogP contribution >= 0.6 is 0 Å². The summed E-state index contributed by atoms with van der Waals surface area (Å²) in [6.07, 6.45) is 3.09. The molecule has 1 saturated carbocycles. The summed E-state index contributed by atoms with van der Waals surface area (Å²) in [5, 5.41) is 11.4. The number of rotatable bonds is 2. The van der Waals surface area contributed by atoms with Crippen molar-refractivity contribution in [2.24, 2.45) is 0 Å². The molecular formula is C19H12F4N6O. The van der Waals surface area contributed by atoms with E-state index in [0.717, 1.165) is 12.4 Å². The van der Waals surface area contributed by atoms with Crippen molar-refractivity contribution in [3.63, 3.8) is 0 Å². The van der Waals surface area contributed by atoms with Crippen molar-refractivity contribution in [2.75, 3.05) is 0 Å². The van der Waals surface area contributed by atoms with Gasteiger partial charge in [-0.2, -0.15) is 10.2 Å². The predicted octanol–water partition coefficient (Wildman–Crippen LogP) is 3.47. The fourth-order valence-corrected chi connectivity index (χ4v) is 4.00. The molecule has 1 N–H and O–H groups in total. The van der Waals surface area contributed by atoms with E-state index in [-0.39, 0.29) is 30.1 Å². The highest BCUT2D eigenvalue weighted by Gasteiger charge is 2.74. The van der Waals surface area contributed by atoms with Crippen LogP contribution in [0.5, 0.6) is 0 Å². The highest BCUT2D eigenvalue weighted by Crippen LogP contribution is 2.58. The van der Waals surface area contributed by atoms with Gasteiger partial charge in [-0.3, -0.25) is 14.8 Å². The first kappa shape index (κ1) is 17.5. The molecule has 1 aliphatic heterocycles. The number of alkyl halides is 2. The summed E-state index contributed by atoms with van der Waals surface area (Å²) >= 11 is 0. The van der Waals surface area contributed by atoms with E-state index in [4.69, 9.17) is 4.74 Å². The number of fused-ring (bicyclic) bond motifs is 2. The van der Waals surface area contributed by atoms with E-state index < -0.39 is 29.6 Å². The molecule has 0 bridgehead atoms. The van der Waals surface area contributed by atoms with Crippen LogP contribution in [-0.2, 0) is 17.9 Å². The highest BCUT2D eigenvalue weighted by atomic mass is 19.3. The second-order valence-electron chi connectivity index (χ2n) is 7.47. The van der Waals surface area contributed by atoms with Crippen LogP contribution in [0.15, 0.2) is 30.7 Å². The maximum absolute atomic E-state index is 15.0. The number of halogens is 4. The average molecular weight is 416 g/mol. The second-order valence-corrected chi connectivity index (χ2v) is 7.47. The Bertz CT molecular complexity index is 1310. The predicted molar refractivity (Wildman–Crippen MR) is 95.3 cm³/mol. The summed E-state index contributed by atoms with van der Waals surface area (Å²) in [5.41, 5.74) is 0.180. The minimum Gasteiger partial charge on any atom is -0.360 e. The summed E-state index contributed by atoms with van der Waals surface area (Å²) in [6, 6.07) is 2.61. The molecule has 7 nitrogen and oxygen atoms in total. The lowest BCUT2D eigenvalue weighted by Gasteiger charge is -2.25. The van der Waals surface area contributed by atoms with Gasteiger partial charge >= 0.3 is 0 Å². The zero-order chi connectivity index (χ0) is 20.7. The number of aromatic amines is 1. The maximum Gasteiger partial charge on any atom is 0.281 e. The van der Waals surface area contributed by atoms with Crippen molar-refractivity contribution in [3.05, 3.63) is 48.1 Å². The molecule has 6 rings (SSSR count). The fraction of sp³-hybridized carbons (Fsp3) is 0.263. The Labute approximate surface area is 165 Å². The number of aromatic nitrogens is 6. The van der Waals surface area contributed by atoms with E-state index in [1.54, 1.807) is 0 Å². The molecule has 11 heteroatoms. The Morgan fingerprint density at radius 1 is 1.07 bits per heavy atom. The van der Waals surface area contributed by atoms with Crippen LogP contribution < -0.4 is 0 Å². The molecule has 0 unspecified atom stereocenters. The molecule has 0 saturated heterocycles. The summed E-state index contributed by atoms with van der Waals surface area (Å²) in [4.78, 5) is 8.03. The van der Waals surface area contributed by atoms with Crippen LogP contribution in [0.1, 0.15) is 12.1 Å². The lowest BCUT2D eigenvalue weighted by molar-refractivity contribution is -0.0901. The Kier molecular flexibility index (Phi) is 3.28. The van der Waals surface area contributed by atoms with E-state index >= 15 is 0 Å². The van der Waals surface area contributed by atoms with Gasteiger partial charge in [-0.1, -0.05) is 0 Å². The monoisotopic (exact) mass is 416 g/mol. The first-order chi connectivity index (χ1) is 14.4. The quantitative estimate of drug-likeness (QED) is 0.506. The number of H-pyrrole nitrogens is 1. The van der Waals surface area contributed by atoms with Crippen LogP contribution in [0.2, 0.25) is 0 Å². The smallest absolute Gasteiger partial charge is 0.281 e. The van der Waals surface area contributed by atoms with Gasteiger partial charge in [0.05, 0.1) is 49.6 Å². The van der Waals surface area contributed by atoms with Gasteiger partial charge in [0.2, 0.25) is 0 Å². The van der Waals surface area contributed by atoms with Crippen LogP contribution in [0.3, 0.4) is 0 Å². The third-order valence-electron chi connectivity index (χ3n) is 5.65. The summed E-state index contributed by atoms with van der Waals surface area (Å²) < 4.78 is 63.1. The molecule has 1 aliphatic carbocycles. The van der Waals surface area contributed by atoms with Gasteiger partial charge in [0.25, 0.3) is 5.92 Å². The lowest BCUT2D eigenvalue weighted by atomic mass is 9.98. The maximum atomic E-state index is 15.0. The molecule has 152 valence electrons. The number of hydrogen-bond donors (Lipinski definition) is 1. The summed E-state index contributed by atoms with van der Waals surface area (Å²) in [5.74, 6) is -4.12. The van der Waals surface area contributed by atoms with Gasteiger partial charge in [-0.05, 0) is 12.1 Å². The molecule has 5 heterocycles. The van der Waals surface area contributed by atoms with Crippen molar-refractivity contribution >= 4 is 11.0 Å². The molecule has 0 radical (unpaired) electrons. The zero-order valence-electron chi connectivity index (χ0n) is 15.2. The third kappa shape index (κ3) is 2.29. The van der Waals surface area contributed by atoms with E-state index in [2.05, 4.69) is 25.3 Å². The molecule has 4 aromatic heterocycles. The van der Waals surface area contributed by atoms with Crippen molar-refractivity contribution in [1.82, 2.24) is 29.9 Å². The van der Waals surface area contributed by atoms with Crippen molar-refractivity contribution in [1.29, 1.82) is 0 Å². The first-order valence-electron chi connectivity index (χ1n) is 9.10. The molecule has 1 spiro atoms. The van der Waals surface area contributed by atoms with E-state index in [0.29, 0.717) is 22.3 Å². The lowest BCUT2D eigenvalue weighted by Crippen LogP contribution is -2.34. The second kappa shape index (κ2) is 5.63. The Balaban J connectivity index is 1.62. The Morgan fingerprint density at radius 2 is 1.90 bits per heavy atom. The van der Waals surface area contributed by atoms with Crippen LogP contribution in [0.4, 0.5) is 17.6 Å². The largest absolute Gasteiger partial charge is 0.360 e. The minimum absolute atomic E-state index is 0.151. The number of hydrogen-bond acceptors (Lipinski definition) is 5. The van der Waals surface area contributed by atoms with Gasteiger partial charge in [0.15, 0.2) is 11.2 Å². The van der Waals surface area contributed by atoms with Gasteiger partial charge < -0.3 is 4.74 Å². The normalized spacial score (nSPS) is 21.9. The van der Waals surface area contributed by atoms with E-state index in [9.17, 15) is 17.6 Å². The topological polar surface area (TPSA) is 81.5 Å². The molecule has 0 aromatic carbocycles. The number of nitrogens with zero attached hydrogens (tertiary/aromatic N) is 5. The summed E-state index contributed by atoms with van der Waals surface area (Å²) in [7, 11) is 0. The van der Waals surface area contributed by atoms with Crippen molar-refractivity contribution in [2.45, 2.75) is 31.1 Å². The van der Waals surface area contributed by atoms with E-state index in [1.165, 1.54) is 23.0 Å². The van der Waals surface area contributed by atoms with Gasteiger partial charge in [0, 0.05) is 16.5 Å². The first-order valence-corrected chi connectivity index (χ1v) is 9.10.